The molecule has 0 unspecified atom stereocenters. The van der Waals surface area contributed by atoms with Crippen LogP contribution < -0.4 is 19.9 Å². The SMILES string of the molecule is Cc1cccc(OCCCC(=O)N2CCCc3c(-c4cnn(Cc5cccc(N6C(=O)N[C@@H](CCCN(C)C)C6=O)c5)c4)cccc32)c1C. The van der Waals surface area contributed by atoms with Gasteiger partial charge in [0.2, 0.25) is 5.91 Å². The number of fused-ring (bicyclic) bond motifs is 1. The van der Waals surface area contributed by atoms with E-state index in [2.05, 4.69) is 41.3 Å². The van der Waals surface area contributed by atoms with E-state index in [1.807, 2.05) is 78.5 Å². The van der Waals surface area contributed by atoms with Crippen molar-refractivity contribution in [2.75, 3.05) is 43.6 Å². The summed E-state index contributed by atoms with van der Waals surface area (Å²) in [6, 6.07) is 18.8. The molecular weight excluding hydrogens is 616 g/mol. The molecular formula is C39H46N6O4. The van der Waals surface area contributed by atoms with Crippen molar-refractivity contribution >= 4 is 29.2 Å². The Kier molecular flexibility index (Phi) is 10.4. The van der Waals surface area contributed by atoms with Gasteiger partial charge in [0.15, 0.2) is 0 Å². The van der Waals surface area contributed by atoms with E-state index in [4.69, 9.17) is 4.74 Å². The maximum absolute atomic E-state index is 13.4. The summed E-state index contributed by atoms with van der Waals surface area (Å²) < 4.78 is 7.86. The van der Waals surface area contributed by atoms with Crippen LogP contribution in [0.15, 0.2) is 73.1 Å². The van der Waals surface area contributed by atoms with Crippen molar-refractivity contribution in [2.24, 2.45) is 0 Å². The van der Waals surface area contributed by atoms with Crippen molar-refractivity contribution in [2.45, 2.75) is 65.0 Å². The van der Waals surface area contributed by atoms with Gasteiger partial charge in [0.1, 0.15) is 11.8 Å². The molecule has 0 bridgehead atoms. The average molecular weight is 663 g/mol. The molecule has 3 aromatic carbocycles. The van der Waals surface area contributed by atoms with Gasteiger partial charge in [0, 0.05) is 30.4 Å². The van der Waals surface area contributed by atoms with Crippen LogP contribution in [0.3, 0.4) is 0 Å². The highest BCUT2D eigenvalue weighted by Gasteiger charge is 2.38. The fourth-order valence-corrected chi connectivity index (χ4v) is 6.73. The minimum absolute atomic E-state index is 0.114. The Morgan fingerprint density at radius 3 is 2.69 bits per heavy atom. The van der Waals surface area contributed by atoms with Gasteiger partial charge in [-0.2, -0.15) is 5.10 Å². The molecule has 49 heavy (non-hydrogen) atoms. The molecule has 4 aromatic rings. The molecule has 0 saturated carbocycles. The summed E-state index contributed by atoms with van der Waals surface area (Å²) in [5, 5.41) is 7.50. The average Bonchev–Trinajstić information content (AvgIpc) is 3.66. The number of amides is 4. The molecule has 3 heterocycles. The van der Waals surface area contributed by atoms with Crippen molar-refractivity contribution in [3.8, 4) is 16.9 Å². The zero-order valence-corrected chi connectivity index (χ0v) is 28.9. The molecule has 1 atom stereocenters. The topological polar surface area (TPSA) is 100 Å². The third-order valence-electron chi connectivity index (χ3n) is 9.47. The molecule has 0 spiro atoms. The summed E-state index contributed by atoms with van der Waals surface area (Å²) in [5.74, 6) is 0.778. The lowest BCUT2D eigenvalue weighted by Crippen LogP contribution is -2.35. The lowest BCUT2D eigenvalue weighted by Gasteiger charge is -2.31. The van der Waals surface area contributed by atoms with Crippen LogP contribution in [-0.2, 0) is 22.6 Å². The Morgan fingerprint density at radius 2 is 1.86 bits per heavy atom. The molecule has 10 nitrogen and oxygen atoms in total. The first-order valence-corrected chi connectivity index (χ1v) is 17.2. The van der Waals surface area contributed by atoms with Gasteiger partial charge < -0.3 is 19.9 Å². The molecule has 0 aliphatic carbocycles. The van der Waals surface area contributed by atoms with E-state index in [1.165, 1.54) is 10.5 Å². The van der Waals surface area contributed by atoms with Crippen molar-refractivity contribution < 1.29 is 19.1 Å². The molecule has 6 rings (SSSR count). The molecule has 2 aliphatic heterocycles. The monoisotopic (exact) mass is 662 g/mol. The van der Waals surface area contributed by atoms with Crippen LogP contribution in [-0.4, -0.2) is 72.4 Å². The van der Waals surface area contributed by atoms with E-state index >= 15 is 0 Å². The zero-order chi connectivity index (χ0) is 34.5. The Balaban J connectivity index is 1.10. The number of ether oxygens (including phenoxy) is 1. The Bertz CT molecular complexity index is 1830. The first-order chi connectivity index (χ1) is 23.7. The van der Waals surface area contributed by atoms with Crippen LogP contribution in [0.4, 0.5) is 16.2 Å². The van der Waals surface area contributed by atoms with Gasteiger partial charge in [0.25, 0.3) is 5.91 Å². The molecule has 1 saturated heterocycles. The van der Waals surface area contributed by atoms with Gasteiger partial charge >= 0.3 is 6.03 Å². The summed E-state index contributed by atoms with van der Waals surface area (Å²) in [5.41, 5.74) is 8.01. The quantitative estimate of drug-likeness (QED) is 0.137. The predicted molar refractivity (Wildman–Crippen MR) is 192 cm³/mol. The van der Waals surface area contributed by atoms with Crippen LogP contribution >= 0.6 is 0 Å². The normalized spacial score (nSPS) is 15.9. The summed E-state index contributed by atoms with van der Waals surface area (Å²) in [4.78, 5) is 44.6. The van der Waals surface area contributed by atoms with E-state index in [-0.39, 0.29) is 17.8 Å². The number of urea groups is 1. The number of aromatic nitrogens is 2. The first-order valence-electron chi connectivity index (χ1n) is 17.2. The van der Waals surface area contributed by atoms with Crippen LogP contribution in [0.5, 0.6) is 5.75 Å². The lowest BCUT2D eigenvalue weighted by atomic mass is 9.93. The van der Waals surface area contributed by atoms with E-state index in [1.54, 1.807) is 6.07 Å². The van der Waals surface area contributed by atoms with Crippen LogP contribution in [0, 0.1) is 13.8 Å². The second kappa shape index (κ2) is 15.1. The summed E-state index contributed by atoms with van der Waals surface area (Å²) in [6.07, 6.45) is 8.17. The largest absolute Gasteiger partial charge is 0.493 e. The van der Waals surface area contributed by atoms with Crippen molar-refractivity contribution in [3.05, 3.63) is 95.3 Å². The third kappa shape index (κ3) is 7.70. The number of hydrogen-bond donors (Lipinski definition) is 1. The minimum Gasteiger partial charge on any atom is -0.493 e. The maximum atomic E-state index is 13.4. The molecule has 256 valence electrons. The van der Waals surface area contributed by atoms with Gasteiger partial charge in [0.05, 0.1) is 25.0 Å². The van der Waals surface area contributed by atoms with E-state index in [9.17, 15) is 14.4 Å². The number of nitrogens with zero attached hydrogens (tertiary/aromatic N) is 5. The van der Waals surface area contributed by atoms with E-state index in [0.717, 1.165) is 65.1 Å². The second-order valence-electron chi connectivity index (χ2n) is 13.3. The smallest absolute Gasteiger partial charge is 0.329 e. The van der Waals surface area contributed by atoms with Crippen LogP contribution in [0.1, 0.15) is 54.4 Å². The molecule has 1 N–H and O–H groups in total. The van der Waals surface area contributed by atoms with E-state index < -0.39 is 6.04 Å². The maximum Gasteiger partial charge on any atom is 0.329 e. The van der Waals surface area contributed by atoms with Gasteiger partial charge in [-0.05, 0) is 119 Å². The Labute approximate surface area is 288 Å². The van der Waals surface area contributed by atoms with Crippen molar-refractivity contribution in [3.63, 3.8) is 0 Å². The highest BCUT2D eigenvalue weighted by atomic mass is 16.5. The first kappa shape index (κ1) is 33.9. The second-order valence-corrected chi connectivity index (χ2v) is 13.3. The summed E-state index contributed by atoms with van der Waals surface area (Å²) in [7, 11) is 3.99. The summed E-state index contributed by atoms with van der Waals surface area (Å²) in [6.45, 7) is 6.67. The fraction of sp³-hybridized carbons (Fsp3) is 0.385. The number of rotatable bonds is 13. The number of carbonyl (C=O) groups excluding carboxylic acids is 3. The number of benzene rings is 3. The number of imide groups is 1. The third-order valence-corrected chi connectivity index (χ3v) is 9.47. The molecule has 2 aliphatic rings. The van der Waals surface area contributed by atoms with Gasteiger partial charge in [-0.1, -0.05) is 36.4 Å². The highest BCUT2D eigenvalue weighted by molar-refractivity contribution is 6.21. The Hall–Kier alpha value is -4.96. The predicted octanol–water partition coefficient (Wildman–Crippen LogP) is 6.12. The Morgan fingerprint density at radius 1 is 1.04 bits per heavy atom. The minimum atomic E-state index is -0.504. The molecule has 1 fully saturated rings. The van der Waals surface area contributed by atoms with E-state index in [0.29, 0.717) is 44.6 Å². The molecule has 0 radical (unpaired) electrons. The molecule has 4 amide bonds. The molecule has 10 heteroatoms. The standard InChI is InChI=1S/C39H46N6O4/c1-27-11-5-18-36(28(27)2)49-22-10-19-37(46)44-21-8-15-33-32(14-7-17-35(33)44)30-24-40-43(26-30)25-29-12-6-13-31(23-29)45-38(47)34(41-39(45)48)16-9-20-42(3)4/h5-7,11-14,17-18,23-24,26,34H,8-10,15-16,19-22,25H2,1-4H3,(H,41,48)/t34-/m0/s1. The number of anilines is 2. The van der Waals surface area contributed by atoms with Gasteiger partial charge in [-0.3, -0.25) is 14.3 Å². The van der Waals surface area contributed by atoms with Crippen LogP contribution in [0.2, 0.25) is 0 Å². The number of nitrogens with one attached hydrogen (secondary N) is 1. The number of aryl methyl sites for hydroxylation is 1. The summed E-state index contributed by atoms with van der Waals surface area (Å²) >= 11 is 0. The number of hydrogen-bond acceptors (Lipinski definition) is 6. The molecule has 1 aromatic heterocycles. The lowest BCUT2D eigenvalue weighted by molar-refractivity contribution is -0.119. The van der Waals surface area contributed by atoms with Crippen molar-refractivity contribution in [1.29, 1.82) is 0 Å². The fourth-order valence-electron chi connectivity index (χ4n) is 6.73. The van der Waals surface area contributed by atoms with Crippen molar-refractivity contribution in [1.82, 2.24) is 20.0 Å². The highest BCUT2D eigenvalue weighted by Crippen LogP contribution is 2.36. The van der Waals surface area contributed by atoms with Gasteiger partial charge in [-0.15, -0.1) is 0 Å². The van der Waals surface area contributed by atoms with Crippen LogP contribution in [0.25, 0.3) is 11.1 Å². The van der Waals surface area contributed by atoms with Gasteiger partial charge in [-0.25, -0.2) is 9.69 Å². The number of carbonyl (C=O) groups is 3. The zero-order valence-electron chi connectivity index (χ0n) is 28.9.